The fourth-order valence-electron chi connectivity index (χ4n) is 0.683. The fraction of sp³-hybridized carbons (Fsp3) is 1.00. The van der Waals surface area contributed by atoms with Crippen LogP contribution in [-0.4, -0.2) is 56.1 Å². The lowest BCUT2D eigenvalue weighted by molar-refractivity contribution is -0.145. The molecule has 1 atom stereocenters. The zero-order valence-corrected chi connectivity index (χ0v) is 7.94. The van der Waals surface area contributed by atoms with E-state index in [1.54, 1.807) is 0 Å². The Morgan fingerprint density at radius 3 is 2.46 bits per heavy atom. The van der Waals surface area contributed by atoms with Crippen LogP contribution in [0.1, 0.15) is 6.92 Å². The van der Waals surface area contributed by atoms with Crippen molar-refractivity contribution < 1.29 is 24.4 Å². The van der Waals surface area contributed by atoms with E-state index in [4.69, 9.17) is 24.4 Å². The summed E-state index contributed by atoms with van der Waals surface area (Å²) >= 11 is 0. The molecule has 0 saturated carbocycles. The molecule has 0 amide bonds. The number of hydrogen-bond donors (Lipinski definition) is 2. The summed E-state index contributed by atoms with van der Waals surface area (Å²) in [5, 5.41) is 17.4. The van der Waals surface area contributed by atoms with E-state index in [0.717, 1.165) is 0 Å². The average molecular weight is 194 g/mol. The molecule has 0 bridgehead atoms. The summed E-state index contributed by atoms with van der Waals surface area (Å²) < 4.78 is 14.8. The second-order valence-corrected chi connectivity index (χ2v) is 2.32. The SMILES string of the molecule is CCOCCOCC(O)OCCO. The molecule has 0 aromatic heterocycles. The van der Waals surface area contributed by atoms with E-state index in [2.05, 4.69) is 0 Å². The maximum atomic E-state index is 9.04. The third-order valence-corrected chi connectivity index (χ3v) is 1.24. The lowest BCUT2D eigenvalue weighted by Crippen LogP contribution is -2.22. The molecule has 13 heavy (non-hydrogen) atoms. The Morgan fingerprint density at radius 1 is 1.15 bits per heavy atom. The largest absolute Gasteiger partial charge is 0.394 e. The van der Waals surface area contributed by atoms with Crippen molar-refractivity contribution in [3.8, 4) is 0 Å². The van der Waals surface area contributed by atoms with Crippen LogP contribution < -0.4 is 0 Å². The molecule has 1 unspecified atom stereocenters. The van der Waals surface area contributed by atoms with Crippen molar-refractivity contribution in [2.45, 2.75) is 13.2 Å². The van der Waals surface area contributed by atoms with Gasteiger partial charge < -0.3 is 24.4 Å². The van der Waals surface area contributed by atoms with Crippen molar-refractivity contribution in [1.82, 2.24) is 0 Å². The lowest BCUT2D eigenvalue weighted by Gasteiger charge is -2.11. The van der Waals surface area contributed by atoms with Gasteiger partial charge in [0.1, 0.15) is 0 Å². The summed E-state index contributed by atoms with van der Waals surface area (Å²) in [5.74, 6) is 0. The van der Waals surface area contributed by atoms with Gasteiger partial charge in [-0.15, -0.1) is 0 Å². The summed E-state index contributed by atoms with van der Waals surface area (Å²) in [6, 6.07) is 0. The van der Waals surface area contributed by atoms with Gasteiger partial charge >= 0.3 is 0 Å². The molecule has 0 aliphatic carbocycles. The van der Waals surface area contributed by atoms with Crippen molar-refractivity contribution in [3.63, 3.8) is 0 Å². The summed E-state index contributed by atoms with van der Waals surface area (Å²) in [6.07, 6.45) is -0.964. The molecular weight excluding hydrogens is 176 g/mol. The van der Waals surface area contributed by atoms with Crippen LogP contribution in [0.15, 0.2) is 0 Å². The molecule has 0 aliphatic heterocycles. The number of aliphatic hydroxyl groups excluding tert-OH is 2. The second-order valence-electron chi connectivity index (χ2n) is 2.32. The molecule has 5 nitrogen and oxygen atoms in total. The van der Waals surface area contributed by atoms with Crippen LogP contribution >= 0.6 is 0 Å². The molecule has 2 N–H and O–H groups in total. The maximum Gasteiger partial charge on any atom is 0.178 e. The van der Waals surface area contributed by atoms with E-state index >= 15 is 0 Å². The molecule has 0 fully saturated rings. The zero-order chi connectivity index (χ0) is 9.94. The Balaban J connectivity index is 3.03. The van der Waals surface area contributed by atoms with Gasteiger partial charge in [0.25, 0.3) is 0 Å². The molecule has 0 radical (unpaired) electrons. The minimum absolute atomic E-state index is 0.101. The predicted molar refractivity (Wildman–Crippen MR) is 46.4 cm³/mol. The van der Waals surface area contributed by atoms with Gasteiger partial charge in [-0.2, -0.15) is 0 Å². The monoisotopic (exact) mass is 194 g/mol. The maximum absolute atomic E-state index is 9.04. The first kappa shape index (κ1) is 12.8. The molecule has 0 heterocycles. The first-order chi connectivity index (χ1) is 6.31. The van der Waals surface area contributed by atoms with Crippen molar-refractivity contribution in [2.75, 3.05) is 39.6 Å². The number of aliphatic hydroxyl groups is 2. The lowest BCUT2D eigenvalue weighted by atomic mass is 10.6. The third-order valence-electron chi connectivity index (χ3n) is 1.24. The van der Waals surface area contributed by atoms with E-state index in [1.807, 2.05) is 6.92 Å². The second kappa shape index (κ2) is 9.88. The van der Waals surface area contributed by atoms with Crippen LogP contribution in [0.2, 0.25) is 0 Å². The summed E-state index contributed by atoms with van der Waals surface area (Å²) in [5.41, 5.74) is 0. The van der Waals surface area contributed by atoms with Crippen LogP contribution in [-0.2, 0) is 14.2 Å². The van der Waals surface area contributed by atoms with Gasteiger partial charge in [-0.25, -0.2) is 0 Å². The molecular formula is C8H18O5. The Labute approximate surface area is 78.2 Å². The van der Waals surface area contributed by atoms with E-state index in [1.165, 1.54) is 0 Å². The van der Waals surface area contributed by atoms with Gasteiger partial charge in [0.05, 0.1) is 33.0 Å². The Bertz CT molecular complexity index is 98.5. The van der Waals surface area contributed by atoms with Crippen LogP contribution in [0, 0.1) is 0 Å². The predicted octanol–water partition coefficient (Wildman–Crippen LogP) is -0.633. The third kappa shape index (κ3) is 9.72. The molecule has 0 saturated heterocycles. The van der Waals surface area contributed by atoms with E-state index in [-0.39, 0.29) is 19.8 Å². The number of rotatable bonds is 9. The number of ether oxygens (including phenoxy) is 3. The first-order valence-electron chi connectivity index (χ1n) is 4.37. The topological polar surface area (TPSA) is 68.2 Å². The van der Waals surface area contributed by atoms with Crippen molar-refractivity contribution in [2.24, 2.45) is 0 Å². The van der Waals surface area contributed by atoms with Gasteiger partial charge in [0, 0.05) is 6.61 Å². The highest BCUT2D eigenvalue weighted by molar-refractivity contribution is 4.38. The Hall–Kier alpha value is -0.200. The zero-order valence-electron chi connectivity index (χ0n) is 7.94. The minimum atomic E-state index is -0.964. The molecule has 0 rings (SSSR count). The minimum Gasteiger partial charge on any atom is -0.394 e. The standard InChI is InChI=1S/C8H18O5/c1-2-11-5-6-12-7-8(10)13-4-3-9/h8-10H,2-7H2,1H3. The molecule has 0 aliphatic rings. The van der Waals surface area contributed by atoms with E-state index < -0.39 is 6.29 Å². The molecule has 80 valence electrons. The first-order valence-corrected chi connectivity index (χ1v) is 4.37. The Morgan fingerprint density at radius 2 is 1.85 bits per heavy atom. The van der Waals surface area contributed by atoms with Crippen molar-refractivity contribution in [1.29, 1.82) is 0 Å². The van der Waals surface area contributed by atoms with Gasteiger partial charge in [0.2, 0.25) is 0 Å². The average Bonchev–Trinajstić information content (AvgIpc) is 2.14. The quantitative estimate of drug-likeness (QED) is 0.378. The van der Waals surface area contributed by atoms with Gasteiger partial charge in [-0.1, -0.05) is 0 Å². The summed E-state index contributed by atoms with van der Waals surface area (Å²) in [4.78, 5) is 0. The van der Waals surface area contributed by atoms with Gasteiger partial charge in [-0.05, 0) is 6.92 Å². The summed E-state index contributed by atoms with van der Waals surface area (Å²) in [7, 11) is 0. The highest BCUT2D eigenvalue weighted by Crippen LogP contribution is 1.88. The normalized spacial score (nSPS) is 13.2. The van der Waals surface area contributed by atoms with Crippen LogP contribution in [0.3, 0.4) is 0 Å². The summed E-state index contributed by atoms with van der Waals surface area (Å²) in [6.45, 7) is 3.64. The van der Waals surface area contributed by atoms with Crippen LogP contribution in [0.5, 0.6) is 0 Å². The van der Waals surface area contributed by atoms with E-state index in [0.29, 0.717) is 19.8 Å². The van der Waals surface area contributed by atoms with Crippen LogP contribution in [0.25, 0.3) is 0 Å². The highest BCUT2D eigenvalue weighted by Gasteiger charge is 2.02. The highest BCUT2D eigenvalue weighted by atomic mass is 16.6. The number of hydrogen-bond acceptors (Lipinski definition) is 5. The molecule has 0 aromatic carbocycles. The van der Waals surface area contributed by atoms with Gasteiger partial charge in [0.15, 0.2) is 6.29 Å². The fourth-order valence-corrected chi connectivity index (χ4v) is 0.683. The van der Waals surface area contributed by atoms with Crippen LogP contribution in [0.4, 0.5) is 0 Å². The van der Waals surface area contributed by atoms with Crippen molar-refractivity contribution in [3.05, 3.63) is 0 Å². The molecule has 5 heteroatoms. The van der Waals surface area contributed by atoms with E-state index in [9.17, 15) is 0 Å². The molecule has 0 spiro atoms. The molecule has 0 aromatic rings. The van der Waals surface area contributed by atoms with Crippen molar-refractivity contribution >= 4 is 0 Å². The van der Waals surface area contributed by atoms with Gasteiger partial charge in [-0.3, -0.25) is 0 Å². The smallest absolute Gasteiger partial charge is 0.178 e. The Kier molecular flexibility index (Phi) is 9.73.